The Balaban J connectivity index is 1.61. The van der Waals surface area contributed by atoms with Crippen molar-refractivity contribution in [3.8, 4) is 5.75 Å². The molecule has 1 saturated heterocycles. The van der Waals surface area contributed by atoms with Gasteiger partial charge in [0.2, 0.25) is 10.0 Å². The molecule has 1 fully saturated rings. The second kappa shape index (κ2) is 11.0. The molecular formula is C22H28N2O5S2. The lowest BCUT2D eigenvalue weighted by Crippen LogP contribution is -2.40. The third kappa shape index (κ3) is 6.46. The molecule has 9 heteroatoms. The number of benzene rings is 2. The monoisotopic (exact) mass is 464 g/mol. The number of carbonyl (C=O) groups excluding carboxylic acids is 1. The number of thioether (sulfide) groups is 1. The van der Waals surface area contributed by atoms with Gasteiger partial charge < -0.3 is 14.4 Å². The molecule has 0 spiro atoms. The van der Waals surface area contributed by atoms with Gasteiger partial charge in [0.05, 0.1) is 30.8 Å². The van der Waals surface area contributed by atoms with Crippen LogP contribution in [0.2, 0.25) is 0 Å². The Bertz CT molecular complexity index is 1000. The number of rotatable bonds is 9. The van der Waals surface area contributed by atoms with Crippen LogP contribution in [0.25, 0.3) is 0 Å². The molecular weight excluding hydrogens is 436 g/mol. The van der Waals surface area contributed by atoms with E-state index in [0.717, 1.165) is 5.75 Å². The SMILES string of the molecule is COc1ccc(S(=O)(=O)NCCSCc2cccc(C)c2)cc1C(=O)N1CCOCC1. The molecule has 0 bridgehead atoms. The zero-order chi connectivity index (χ0) is 22.3. The Morgan fingerprint density at radius 3 is 2.68 bits per heavy atom. The molecule has 31 heavy (non-hydrogen) atoms. The summed E-state index contributed by atoms with van der Waals surface area (Å²) in [6, 6.07) is 12.6. The molecule has 168 valence electrons. The number of sulfonamides is 1. The molecule has 1 N–H and O–H groups in total. The number of morpholine rings is 1. The highest BCUT2D eigenvalue weighted by Crippen LogP contribution is 2.24. The average molecular weight is 465 g/mol. The van der Waals surface area contributed by atoms with Gasteiger partial charge in [-0.25, -0.2) is 13.1 Å². The fourth-order valence-electron chi connectivity index (χ4n) is 3.28. The summed E-state index contributed by atoms with van der Waals surface area (Å²) in [6.07, 6.45) is 0. The third-order valence-electron chi connectivity index (χ3n) is 4.90. The molecule has 0 atom stereocenters. The highest BCUT2D eigenvalue weighted by atomic mass is 32.2. The van der Waals surface area contributed by atoms with E-state index in [2.05, 4.69) is 29.8 Å². The Labute approximate surface area is 188 Å². The lowest BCUT2D eigenvalue weighted by molar-refractivity contribution is 0.0300. The summed E-state index contributed by atoms with van der Waals surface area (Å²) in [5.41, 5.74) is 2.66. The number of nitrogens with zero attached hydrogens (tertiary/aromatic N) is 1. The van der Waals surface area contributed by atoms with Crippen LogP contribution in [-0.2, 0) is 20.5 Å². The lowest BCUT2D eigenvalue weighted by Gasteiger charge is -2.27. The fourth-order valence-corrected chi connectivity index (χ4v) is 5.27. The molecule has 0 radical (unpaired) electrons. The van der Waals surface area contributed by atoms with E-state index in [-0.39, 0.29) is 16.4 Å². The van der Waals surface area contributed by atoms with E-state index < -0.39 is 10.0 Å². The third-order valence-corrected chi connectivity index (χ3v) is 7.39. The van der Waals surface area contributed by atoms with E-state index in [1.54, 1.807) is 16.7 Å². The maximum absolute atomic E-state index is 12.9. The van der Waals surface area contributed by atoms with Crippen LogP contribution in [-0.4, -0.2) is 64.9 Å². The van der Waals surface area contributed by atoms with Crippen molar-refractivity contribution in [2.75, 3.05) is 45.7 Å². The van der Waals surface area contributed by atoms with E-state index in [1.807, 2.05) is 6.07 Å². The molecule has 2 aromatic carbocycles. The second-order valence-electron chi connectivity index (χ2n) is 7.21. The fraction of sp³-hybridized carbons (Fsp3) is 0.409. The Morgan fingerprint density at radius 2 is 1.97 bits per heavy atom. The Morgan fingerprint density at radius 1 is 1.19 bits per heavy atom. The Kier molecular flexibility index (Phi) is 8.36. The van der Waals surface area contributed by atoms with Crippen LogP contribution in [0.4, 0.5) is 0 Å². The van der Waals surface area contributed by atoms with E-state index >= 15 is 0 Å². The first-order valence-electron chi connectivity index (χ1n) is 10.1. The molecule has 1 heterocycles. The zero-order valence-electron chi connectivity index (χ0n) is 17.8. The standard InChI is InChI=1S/C22H28N2O5S2/c1-17-4-3-5-18(14-17)16-30-13-8-23-31(26,27)19-6-7-21(28-2)20(15-19)22(25)24-9-11-29-12-10-24/h3-7,14-15,23H,8-13,16H2,1-2H3. The second-order valence-corrected chi connectivity index (χ2v) is 10.1. The molecule has 0 aromatic heterocycles. The zero-order valence-corrected chi connectivity index (χ0v) is 19.4. The van der Waals surface area contributed by atoms with Crippen LogP contribution in [0.15, 0.2) is 47.4 Å². The van der Waals surface area contributed by atoms with Crippen LogP contribution in [0.5, 0.6) is 5.75 Å². The van der Waals surface area contributed by atoms with Crippen LogP contribution >= 0.6 is 11.8 Å². The van der Waals surface area contributed by atoms with E-state index in [1.165, 1.54) is 36.4 Å². The maximum Gasteiger partial charge on any atom is 0.257 e. The first kappa shape index (κ1) is 23.6. The molecule has 0 aliphatic carbocycles. The number of amides is 1. The predicted octanol–water partition coefficient (Wildman–Crippen LogP) is 2.69. The maximum atomic E-state index is 12.9. The summed E-state index contributed by atoms with van der Waals surface area (Å²) < 4.78 is 38.7. The molecule has 1 aliphatic rings. The molecule has 3 rings (SSSR count). The highest BCUT2D eigenvalue weighted by Gasteiger charge is 2.24. The van der Waals surface area contributed by atoms with Crippen LogP contribution in [0.1, 0.15) is 21.5 Å². The van der Waals surface area contributed by atoms with Crippen molar-refractivity contribution in [1.82, 2.24) is 9.62 Å². The van der Waals surface area contributed by atoms with E-state index in [4.69, 9.17) is 9.47 Å². The van der Waals surface area contributed by atoms with Gasteiger partial charge in [-0.1, -0.05) is 29.8 Å². The van der Waals surface area contributed by atoms with Crippen molar-refractivity contribution in [2.24, 2.45) is 0 Å². The molecule has 0 unspecified atom stereocenters. The van der Waals surface area contributed by atoms with Gasteiger partial charge in [-0.2, -0.15) is 11.8 Å². The minimum absolute atomic E-state index is 0.0496. The van der Waals surface area contributed by atoms with Gasteiger partial charge in [0.25, 0.3) is 5.91 Å². The van der Waals surface area contributed by atoms with Crippen LogP contribution < -0.4 is 9.46 Å². The number of nitrogens with one attached hydrogen (secondary N) is 1. The minimum atomic E-state index is -3.74. The summed E-state index contributed by atoms with van der Waals surface area (Å²) in [7, 11) is -2.28. The molecule has 7 nitrogen and oxygen atoms in total. The van der Waals surface area contributed by atoms with Gasteiger partial charge in [-0.15, -0.1) is 0 Å². The van der Waals surface area contributed by atoms with E-state index in [9.17, 15) is 13.2 Å². The van der Waals surface area contributed by atoms with Gasteiger partial charge >= 0.3 is 0 Å². The number of ether oxygens (including phenoxy) is 2. The average Bonchev–Trinajstić information content (AvgIpc) is 2.78. The van der Waals surface area contributed by atoms with Gasteiger partial charge in [0.1, 0.15) is 5.75 Å². The molecule has 0 saturated carbocycles. The minimum Gasteiger partial charge on any atom is -0.496 e. The summed E-state index contributed by atoms with van der Waals surface area (Å²) >= 11 is 1.66. The summed E-state index contributed by atoms with van der Waals surface area (Å²) in [6.45, 7) is 4.22. The first-order chi connectivity index (χ1) is 14.9. The van der Waals surface area contributed by atoms with Crippen molar-refractivity contribution in [2.45, 2.75) is 17.6 Å². The number of hydrogen-bond donors (Lipinski definition) is 1. The van der Waals surface area contributed by atoms with Gasteiger partial charge in [-0.3, -0.25) is 4.79 Å². The highest BCUT2D eigenvalue weighted by molar-refractivity contribution is 7.98. The van der Waals surface area contributed by atoms with Crippen molar-refractivity contribution in [1.29, 1.82) is 0 Å². The topological polar surface area (TPSA) is 84.9 Å². The van der Waals surface area contributed by atoms with Gasteiger partial charge in [-0.05, 0) is 30.7 Å². The number of carbonyl (C=O) groups is 1. The smallest absolute Gasteiger partial charge is 0.257 e. The lowest BCUT2D eigenvalue weighted by atomic mass is 10.1. The van der Waals surface area contributed by atoms with Crippen molar-refractivity contribution in [3.63, 3.8) is 0 Å². The van der Waals surface area contributed by atoms with Crippen molar-refractivity contribution in [3.05, 3.63) is 59.2 Å². The van der Waals surface area contributed by atoms with Crippen molar-refractivity contribution < 1.29 is 22.7 Å². The molecule has 1 amide bonds. The summed E-state index contributed by atoms with van der Waals surface area (Å²) in [5.74, 6) is 1.56. The van der Waals surface area contributed by atoms with Crippen LogP contribution in [0, 0.1) is 6.92 Å². The molecule has 1 aliphatic heterocycles. The summed E-state index contributed by atoms with van der Waals surface area (Å²) in [4.78, 5) is 14.6. The predicted molar refractivity (Wildman–Crippen MR) is 122 cm³/mol. The Hall–Kier alpha value is -2.07. The van der Waals surface area contributed by atoms with E-state index in [0.29, 0.717) is 44.4 Å². The van der Waals surface area contributed by atoms with Gasteiger partial charge in [0, 0.05) is 31.1 Å². The largest absolute Gasteiger partial charge is 0.496 e. The first-order valence-corrected chi connectivity index (χ1v) is 12.7. The van der Waals surface area contributed by atoms with Crippen molar-refractivity contribution >= 4 is 27.7 Å². The number of methoxy groups -OCH3 is 1. The normalized spacial score (nSPS) is 14.5. The molecule has 2 aromatic rings. The number of aryl methyl sites for hydroxylation is 1. The number of hydrogen-bond acceptors (Lipinski definition) is 6. The van der Waals surface area contributed by atoms with Crippen LogP contribution in [0.3, 0.4) is 0 Å². The summed E-state index contributed by atoms with van der Waals surface area (Å²) in [5, 5.41) is 0. The quantitative estimate of drug-likeness (QED) is 0.575. The van der Waals surface area contributed by atoms with Gasteiger partial charge in [0.15, 0.2) is 0 Å².